The van der Waals surface area contributed by atoms with Crippen molar-refractivity contribution in [3.63, 3.8) is 0 Å². The number of amides is 1. The molecule has 2 aromatic carbocycles. The van der Waals surface area contributed by atoms with E-state index in [-0.39, 0.29) is 5.91 Å². The fourth-order valence-electron chi connectivity index (χ4n) is 3.38. The van der Waals surface area contributed by atoms with Crippen LogP contribution >= 0.6 is 15.9 Å². The van der Waals surface area contributed by atoms with Gasteiger partial charge in [-0.25, -0.2) is 4.68 Å². The van der Waals surface area contributed by atoms with Crippen LogP contribution in [0.4, 0.5) is 11.6 Å². The van der Waals surface area contributed by atoms with Gasteiger partial charge < -0.3 is 15.4 Å². The summed E-state index contributed by atoms with van der Waals surface area (Å²) in [5.74, 6) is 1.00. The first kappa shape index (κ1) is 19.2. The van der Waals surface area contributed by atoms with Crippen molar-refractivity contribution in [2.45, 2.75) is 19.9 Å². The largest absolute Gasteiger partial charge is 0.492 e. The van der Waals surface area contributed by atoms with Crippen molar-refractivity contribution in [3.8, 4) is 5.75 Å². The van der Waals surface area contributed by atoms with Crippen LogP contribution in [0.2, 0.25) is 0 Å². The fraction of sp³-hybridized carbons (Fsp3) is 0.190. The molecule has 2 heterocycles. The fourth-order valence-corrected chi connectivity index (χ4v) is 3.64. The normalized spacial score (nSPS) is 15.5. The first-order valence-electron chi connectivity index (χ1n) is 9.24. The number of ether oxygens (including phenoxy) is 1. The number of aromatic nitrogens is 3. The summed E-state index contributed by atoms with van der Waals surface area (Å²) in [6.45, 7) is 4.29. The molecule has 1 aromatic heterocycles. The van der Waals surface area contributed by atoms with Crippen LogP contribution in [0.3, 0.4) is 0 Å². The van der Waals surface area contributed by atoms with E-state index in [4.69, 9.17) is 4.74 Å². The van der Waals surface area contributed by atoms with Gasteiger partial charge in [-0.05, 0) is 43.7 Å². The molecule has 4 rings (SSSR count). The lowest BCUT2D eigenvalue weighted by atomic mass is 9.95. The molecule has 29 heavy (non-hydrogen) atoms. The van der Waals surface area contributed by atoms with E-state index in [1.807, 2.05) is 62.4 Å². The van der Waals surface area contributed by atoms with Crippen LogP contribution in [0.1, 0.15) is 25.5 Å². The molecule has 1 aliphatic rings. The molecule has 0 spiro atoms. The highest BCUT2D eigenvalue weighted by Crippen LogP contribution is 2.36. The molecule has 148 valence electrons. The number of halogens is 1. The van der Waals surface area contributed by atoms with Gasteiger partial charge in [0.05, 0.1) is 17.9 Å². The Morgan fingerprint density at radius 2 is 2.00 bits per heavy atom. The van der Waals surface area contributed by atoms with Crippen molar-refractivity contribution in [1.82, 2.24) is 14.8 Å². The van der Waals surface area contributed by atoms with Crippen LogP contribution in [0.15, 0.2) is 70.6 Å². The van der Waals surface area contributed by atoms with Crippen LogP contribution in [-0.4, -0.2) is 27.3 Å². The summed E-state index contributed by atoms with van der Waals surface area (Å²) in [6.07, 6.45) is 1.48. The lowest BCUT2D eigenvalue weighted by Crippen LogP contribution is -2.31. The van der Waals surface area contributed by atoms with Crippen molar-refractivity contribution < 1.29 is 9.53 Å². The molecule has 0 saturated carbocycles. The Labute approximate surface area is 176 Å². The van der Waals surface area contributed by atoms with Crippen LogP contribution in [0.25, 0.3) is 0 Å². The number of benzene rings is 2. The molecule has 8 heteroatoms. The third-order valence-electron chi connectivity index (χ3n) is 4.66. The number of allylic oxidation sites excluding steroid dienone is 1. The van der Waals surface area contributed by atoms with Crippen molar-refractivity contribution in [2.75, 3.05) is 17.2 Å². The Morgan fingerprint density at radius 1 is 1.24 bits per heavy atom. The zero-order valence-electron chi connectivity index (χ0n) is 16.0. The summed E-state index contributed by atoms with van der Waals surface area (Å²) in [5, 5.41) is 10.5. The summed E-state index contributed by atoms with van der Waals surface area (Å²) in [4.78, 5) is 17.6. The van der Waals surface area contributed by atoms with Gasteiger partial charge in [0.2, 0.25) is 5.95 Å². The number of nitrogens with zero attached hydrogens (tertiary/aromatic N) is 3. The molecule has 0 fully saturated rings. The highest BCUT2D eigenvalue weighted by atomic mass is 79.9. The predicted octanol–water partition coefficient (Wildman–Crippen LogP) is 4.37. The zero-order chi connectivity index (χ0) is 20.4. The molecule has 0 unspecified atom stereocenters. The summed E-state index contributed by atoms with van der Waals surface area (Å²) in [5.41, 5.74) is 2.85. The smallest absolute Gasteiger partial charge is 0.255 e. The lowest BCUT2D eigenvalue weighted by Gasteiger charge is -2.29. The van der Waals surface area contributed by atoms with E-state index in [9.17, 15) is 4.79 Å². The summed E-state index contributed by atoms with van der Waals surface area (Å²) < 4.78 is 8.33. The monoisotopic (exact) mass is 453 g/mol. The van der Waals surface area contributed by atoms with Gasteiger partial charge in [-0.3, -0.25) is 4.79 Å². The highest BCUT2D eigenvalue weighted by molar-refractivity contribution is 9.10. The quantitative estimate of drug-likeness (QED) is 0.599. The second kappa shape index (κ2) is 8.08. The molecule has 1 amide bonds. The van der Waals surface area contributed by atoms with Crippen LogP contribution in [0, 0.1) is 0 Å². The molecule has 7 nitrogen and oxygen atoms in total. The van der Waals surface area contributed by atoms with Gasteiger partial charge in [-0.2, -0.15) is 10.1 Å². The number of carbonyl (C=O) groups excluding carboxylic acids is 1. The first-order chi connectivity index (χ1) is 14.1. The Hall–Kier alpha value is -3.13. The standard InChI is InChI=1S/C21H20BrN5O2/c1-3-29-17-7-5-4-6-16(17)26-20(28)18-13(2)25-21-23-12-24-27(21)19(18)14-8-10-15(22)11-9-14/h4-12,19H,3H2,1-2H3,(H,26,28)(H,23,24,25)/t19-/m0/s1. The number of nitrogens with one attached hydrogen (secondary N) is 2. The molecule has 2 N–H and O–H groups in total. The lowest BCUT2D eigenvalue weighted by molar-refractivity contribution is -0.113. The molecule has 0 radical (unpaired) electrons. The highest BCUT2D eigenvalue weighted by Gasteiger charge is 2.33. The second-order valence-corrected chi connectivity index (χ2v) is 7.44. The zero-order valence-corrected chi connectivity index (χ0v) is 17.6. The van der Waals surface area contributed by atoms with E-state index in [1.54, 1.807) is 4.68 Å². The van der Waals surface area contributed by atoms with E-state index in [0.717, 1.165) is 15.7 Å². The SMILES string of the molecule is CCOc1ccccc1NC(=O)C1=C(C)Nc2ncnn2[C@H]1c1ccc(Br)cc1. The summed E-state index contributed by atoms with van der Waals surface area (Å²) >= 11 is 3.46. The summed E-state index contributed by atoms with van der Waals surface area (Å²) in [6, 6.07) is 14.8. The Morgan fingerprint density at radius 3 is 2.76 bits per heavy atom. The topological polar surface area (TPSA) is 81.1 Å². The summed E-state index contributed by atoms with van der Waals surface area (Å²) in [7, 11) is 0. The number of rotatable bonds is 5. The van der Waals surface area contributed by atoms with Gasteiger partial charge in [0.25, 0.3) is 5.91 Å². The minimum atomic E-state index is -0.402. The van der Waals surface area contributed by atoms with E-state index in [0.29, 0.717) is 29.6 Å². The molecule has 1 atom stereocenters. The van der Waals surface area contributed by atoms with Crippen molar-refractivity contribution in [2.24, 2.45) is 0 Å². The number of carbonyl (C=O) groups is 1. The average Bonchev–Trinajstić information content (AvgIpc) is 3.17. The molecular formula is C21H20BrN5O2. The number of para-hydroxylation sites is 2. The third-order valence-corrected chi connectivity index (χ3v) is 5.19. The minimum Gasteiger partial charge on any atom is -0.492 e. The number of anilines is 2. The van der Waals surface area contributed by atoms with Gasteiger partial charge in [-0.15, -0.1) is 0 Å². The van der Waals surface area contributed by atoms with Crippen molar-refractivity contribution >= 4 is 33.5 Å². The van der Waals surface area contributed by atoms with E-state index >= 15 is 0 Å². The van der Waals surface area contributed by atoms with E-state index in [1.165, 1.54) is 6.33 Å². The number of hydrogen-bond donors (Lipinski definition) is 2. The van der Waals surface area contributed by atoms with E-state index in [2.05, 4.69) is 36.6 Å². The van der Waals surface area contributed by atoms with Crippen LogP contribution in [0.5, 0.6) is 5.75 Å². The third kappa shape index (κ3) is 3.75. The van der Waals surface area contributed by atoms with Gasteiger partial charge in [0.15, 0.2) is 0 Å². The minimum absolute atomic E-state index is 0.226. The van der Waals surface area contributed by atoms with Crippen LogP contribution < -0.4 is 15.4 Å². The maximum Gasteiger partial charge on any atom is 0.255 e. The predicted molar refractivity (Wildman–Crippen MR) is 115 cm³/mol. The van der Waals surface area contributed by atoms with Crippen molar-refractivity contribution in [1.29, 1.82) is 0 Å². The Kier molecular flexibility index (Phi) is 5.35. The van der Waals surface area contributed by atoms with Crippen molar-refractivity contribution in [3.05, 3.63) is 76.2 Å². The molecule has 0 saturated heterocycles. The molecule has 1 aliphatic heterocycles. The Bertz CT molecular complexity index is 1070. The van der Waals surface area contributed by atoms with E-state index < -0.39 is 6.04 Å². The van der Waals surface area contributed by atoms with Crippen LogP contribution in [-0.2, 0) is 4.79 Å². The average molecular weight is 454 g/mol. The first-order valence-corrected chi connectivity index (χ1v) is 10.0. The maximum absolute atomic E-state index is 13.4. The van der Waals surface area contributed by atoms with Gasteiger partial charge >= 0.3 is 0 Å². The van der Waals surface area contributed by atoms with Gasteiger partial charge in [0.1, 0.15) is 18.1 Å². The second-order valence-electron chi connectivity index (χ2n) is 6.53. The molecular weight excluding hydrogens is 434 g/mol. The van der Waals surface area contributed by atoms with Gasteiger partial charge in [0, 0.05) is 10.2 Å². The molecule has 3 aromatic rings. The number of fused-ring (bicyclic) bond motifs is 1. The Balaban J connectivity index is 1.74. The molecule has 0 bridgehead atoms. The molecule has 0 aliphatic carbocycles. The maximum atomic E-state index is 13.4. The van der Waals surface area contributed by atoms with Gasteiger partial charge in [-0.1, -0.05) is 40.2 Å². The number of hydrogen-bond acceptors (Lipinski definition) is 5.